The van der Waals surface area contributed by atoms with Crippen LogP contribution in [0.4, 0.5) is 0 Å². The number of benzene rings is 1. The Morgan fingerprint density at radius 2 is 2.31 bits per heavy atom. The van der Waals surface area contributed by atoms with Crippen molar-refractivity contribution in [2.45, 2.75) is 17.7 Å². The molecule has 0 radical (unpaired) electrons. The van der Waals surface area contributed by atoms with Crippen molar-refractivity contribution in [2.75, 3.05) is 7.11 Å². The van der Waals surface area contributed by atoms with E-state index in [9.17, 15) is 4.79 Å². The highest BCUT2D eigenvalue weighted by Gasteiger charge is 2.14. The molecule has 0 saturated heterocycles. The highest BCUT2D eigenvalue weighted by atomic mass is 79.9. The molecule has 0 saturated carbocycles. The predicted molar refractivity (Wildman–Crippen MR) is 66.7 cm³/mol. The molecule has 0 amide bonds. The zero-order valence-electron chi connectivity index (χ0n) is 8.74. The first-order chi connectivity index (χ1) is 7.54. The van der Waals surface area contributed by atoms with Gasteiger partial charge in [-0.15, -0.1) is 0 Å². The first kappa shape index (κ1) is 13.3. The molecule has 0 heterocycles. The summed E-state index contributed by atoms with van der Waals surface area (Å²) in [5.41, 5.74) is 0.917. The smallest absolute Gasteiger partial charge is 0.317 e. The van der Waals surface area contributed by atoms with Gasteiger partial charge in [0.05, 0.1) is 7.11 Å². The lowest BCUT2D eigenvalue weighted by molar-refractivity contribution is -0.136. The fourth-order valence-corrected chi connectivity index (χ4v) is 1.77. The Morgan fingerprint density at radius 1 is 1.62 bits per heavy atom. The van der Waals surface area contributed by atoms with Gasteiger partial charge in [-0.2, -0.15) is 0 Å². The van der Waals surface area contributed by atoms with Crippen molar-refractivity contribution in [3.8, 4) is 5.75 Å². The summed E-state index contributed by atoms with van der Waals surface area (Å²) < 4.78 is 5.17. The van der Waals surface area contributed by atoms with Crippen molar-refractivity contribution in [3.05, 3.63) is 28.8 Å². The molecular weight excluding hydrogens is 295 g/mol. The number of alkyl halides is 1. The quantitative estimate of drug-likeness (QED) is 0.850. The van der Waals surface area contributed by atoms with Gasteiger partial charge >= 0.3 is 5.97 Å². The van der Waals surface area contributed by atoms with Gasteiger partial charge in [-0.1, -0.05) is 27.5 Å². The summed E-state index contributed by atoms with van der Waals surface area (Å²) >= 11 is 8.96. The maximum atomic E-state index is 10.6. The van der Waals surface area contributed by atoms with Gasteiger partial charge in [0.1, 0.15) is 10.6 Å². The Balaban J connectivity index is 2.72. The molecule has 3 nitrogen and oxygen atoms in total. The van der Waals surface area contributed by atoms with Crippen molar-refractivity contribution in [1.29, 1.82) is 0 Å². The monoisotopic (exact) mass is 306 g/mol. The van der Waals surface area contributed by atoms with Crippen molar-refractivity contribution >= 4 is 33.5 Å². The van der Waals surface area contributed by atoms with E-state index in [1.807, 2.05) is 0 Å². The van der Waals surface area contributed by atoms with Gasteiger partial charge in [0.2, 0.25) is 0 Å². The van der Waals surface area contributed by atoms with Gasteiger partial charge in [-0.05, 0) is 36.6 Å². The molecule has 1 aromatic carbocycles. The summed E-state index contributed by atoms with van der Waals surface area (Å²) in [7, 11) is 1.58. The molecule has 0 aromatic heterocycles. The van der Waals surface area contributed by atoms with Gasteiger partial charge in [-0.25, -0.2) is 0 Å². The number of halogens is 2. The second-order valence-electron chi connectivity index (χ2n) is 3.30. The molecule has 0 aliphatic rings. The van der Waals surface area contributed by atoms with E-state index in [-0.39, 0.29) is 0 Å². The maximum Gasteiger partial charge on any atom is 0.317 e. The van der Waals surface area contributed by atoms with Crippen LogP contribution in [0.2, 0.25) is 5.02 Å². The fourth-order valence-electron chi connectivity index (χ4n) is 1.35. The van der Waals surface area contributed by atoms with E-state index in [0.717, 1.165) is 11.3 Å². The minimum absolute atomic E-state index is 0.492. The highest BCUT2D eigenvalue weighted by Crippen LogP contribution is 2.25. The van der Waals surface area contributed by atoms with Crippen molar-refractivity contribution in [3.63, 3.8) is 0 Å². The van der Waals surface area contributed by atoms with Crippen LogP contribution in [0.1, 0.15) is 12.0 Å². The minimum Gasteiger partial charge on any atom is -0.496 e. The van der Waals surface area contributed by atoms with E-state index >= 15 is 0 Å². The third-order valence-corrected chi connectivity index (χ3v) is 3.26. The highest BCUT2D eigenvalue weighted by molar-refractivity contribution is 9.10. The molecule has 1 atom stereocenters. The van der Waals surface area contributed by atoms with Gasteiger partial charge in [-0.3, -0.25) is 4.79 Å². The summed E-state index contributed by atoms with van der Waals surface area (Å²) in [5, 5.41) is 9.36. The van der Waals surface area contributed by atoms with Gasteiger partial charge in [0.25, 0.3) is 0 Å². The van der Waals surface area contributed by atoms with Crippen LogP contribution in [0.5, 0.6) is 5.75 Å². The van der Waals surface area contributed by atoms with Crippen LogP contribution in [-0.4, -0.2) is 23.0 Å². The summed E-state index contributed by atoms with van der Waals surface area (Å²) in [4.78, 5) is 10.1. The number of hydrogen-bond donors (Lipinski definition) is 1. The SMILES string of the molecule is COc1ccc(Cl)cc1CCC(Br)C(=O)O. The number of aliphatic carboxylic acids is 1. The van der Waals surface area contributed by atoms with Crippen LogP contribution in [0.25, 0.3) is 0 Å². The van der Waals surface area contributed by atoms with Crippen LogP contribution in [-0.2, 0) is 11.2 Å². The molecule has 0 fully saturated rings. The van der Waals surface area contributed by atoms with E-state index in [1.54, 1.807) is 25.3 Å². The molecule has 5 heteroatoms. The molecule has 1 aromatic rings. The number of ether oxygens (including phenoxy) is 1. The maximum absolute atomic E-state index is 10.6. The number of carboxylic acids is 1. The number of carbonyl (C=O) groups is 1. The van der Waals surface area contributed by atoms with E-state index in [2.05, 4.69) is 15.9 Å². The summed E-state index contributed by atoms with van der Waals surface area (Å²) in [6.07, 6.45) is 1.10. The van der Waals surface area contributed by atoms with Crippen molar-refractivity contribution in [2.24, 2.45) is 0 Å². The van der Waals surface area contributed by atoms with Gasteiger partial charge < -0.3 is 9.84 Å². The third-order valence-electron chi connectivity index (χ3n) is 2.18. The van der Waals surface area contributed by atoms with Crippen molar-refractivity contribution in [1.82, 2.24) is 0 Å². The van der Waals surface area contributed by atoms with E-state index in [4.69, 9.17) is 21.4 Å². The lowest BCUT2D eigenvalue weighted by atomic mass is 10.1. The molecule has 1 N–H and O–H groups in total. The standard InChI is InChI=1S/C11H12BrClO3/c1-16-10-5-3-8(13)6-7(10)2-4-9(12)11(14)15/h3,5-6,9H,2,4H2,1H3,(H,14,15). The first-order valence-corrected chi connectivity index (χ1v) is 6.03. The van der Waals surface area contributed by atoms with Crippen LogP contribution in [0.15, 0.2) is 18.2 Å². The minimum atomic E-state index is -0.860. The number of hydrogen-bond acceptors (Lipinski definition) is 2. The molecular formula is C11H12BrClO3. The Bertz CT molecular complexity index is 381. The molecule has 0 aliphatic heterocycles. The topological polar surface area (TPSA) is 46.5 Å². The number of rotatable bonds is 5. The Hall–Kier alpha value is -0.740. The second-order valence-corrected chi connectivity index (χ2v) is 4.84. The molecule has 16 heavy (non-hydrogen) atoms. The zero-order valence-corrected chi connectivity index (χ0v) is 11.1. The number of aryl methyl sites for hydroxylation is 1. The summed E-state index contributed by atoms with van der Waals surface area (Å²) in [5.74, 6) is -0.129. The molecule has 88 valence electrons. The Morgan fingerprint density at radius 3 is 2.88 bits per heavy atom. The number of carboxylic acid groups (broad SMARTS) is 1. The normalized spacial score (nSPS) is 12.2. The summed E-state index contributed by atoms with van der Waals surface area (Å²) in [6, 6.07) is 5.32. The van der Waals surface area contributed by atoms with Gasteiger partial charge in [0.15, 0.2) is 0 Å². The summed E-state index contributed by atoms with van der Waals surface area (Å²) in [6.45, 7) is 0. The van der Waals surface area contributed by atoms with Gasteiger partial charge in [0, 0.05) is 5.02 Å². The van der Waals surface area contributed by atoms with E-state index in [1.165, 1.54) is 0 Å². The predicted octanol–water partition coefficient (Wildman–Crippen LogP) is 3.13. The van der Waals surface area contributed by atoms with Crippen LogP contribution >= 0.6 is 27.5 Å². The molecule has 0 bridgehead atoms. The van der Waals surface area contributed by atoms with E-state index < -0.39 is 10.8 Å². The Labute approximate surface area is 107 Å². The second kappa shape index (κ2) is 6.11. The van der Waals surface area contributed by atoms with Crippen molar-refractivity contribution < 1.29 is 14.6 Å². The first-order valence-electron chi connectivity index (χ1n) is 4.74. The molecule has 1 unspecified atom stereocenters. The molecule has 1 rings (SSSR count). The third kappa shape index (κ3) is 3.68. The fraction of sp³-hybridized carbons (Fsp3) is 0.364. The average Bonchev–Trinajstić information content (AvgIpc) is 2.25. The molecule has 0 aliphatic carbocycles. The number of methoxy groups -OCH3 is 1. The van der Waals surface area contributed by atoms with E-state index in [0.29, 0.717) is 17.9 Å². The zero-order chi connectivity index (χ0) is 12.1. The van der Waals surface area contributed by atoms with Crippen LogP contribution in [0.3, 0.4) is 0 Å². The molecule has 0 spiro atoms. The lowest BCUT2D eigenvalue weighted by Gasteiger charge is -2.09. The van der Waals surface area contributed by atoms with Crippen LogP contribution in [0, 0.1) is 0 Å². The largest absolute Gasteiger partial charge is 0.496 e. The lowest BCUT2D eigenvalue weighted by Crippen LogP contribution is -2.13. The average molecular weight is 308 g/mol. The van der Waals surface area contributed by atoms with Crippen LogP contribution < -0.4 is 4.74 Å². The Kier molecular flexibility index (Phi) is 5.09.